The maximum atomic E-state index is 9.51. The first kappa shape index (κ1) is 10.4. The van der Waals surface area contributed by atoms with E-state index in [1.807, 2.05) is 30.3 Å². The van der Waals surface area contributed by atoms with E-state index >= 15 is 0 Å². The second-order valence-corrected chi connectivity index (χ2v) is 3.66. The number of benzene rings is 1. The molecule has 0 spiro atoms. The van der Waals surface area contributed by atoms with Gasteiger partial charge in [0, 0.05) is 12.1 Å². The third-order valence-corrected chi connectivity index (χ3v) is 2.51. The standard InChI is InChI=1S/C11H15NO3/c13-7-10-9(14)6-11(15-10)12-8-4-2-1-3-5-8/h1-5,9-14H,6-7H2/t9-,10-,11+/m0/s1. The van der Waals surface area contributed by atoms with E-state index < -0.39 is 12.2 Å². The van der Waals surface area contributed by atoms with Crippen LogP contribution in [-0.2, 0) is 4.74 Å². The quantitative estimate of drug-likeness (QED) is 0.681. The highest BCUT2D eigenvalue weighted by Gasteiger charge is 2.33. The molecule has 15 heavy (non-hydrogen) atoms. The summed E-state index contributed by atoms with van der Waals surface area (Å²) in [6.45, 7) is -0.145. The van der Waals surface area contributed by atoms with Gasteiger partial charge in [-0.25, -0.2) is 0 Å². The molecule has 82 valence electrons. The van der Waals surface area contributed by atoms with Gasteiger partial charge in [0.05, 0.1) is 12.7 Å². The summed E-state index contributed by atoms with van der Waals surface area (Å²) < 4.78 is 5.42. The molecular formula is C11H15NO3. The summed E-state index contributed by atoms with van der Waals surface area (Å²) in [7, 11) is 0. The highest BCUT2D eigenvalue weighted by atomic mass is 16.5. The number of hydrogen-bond acceptors (Lipinski definition) is 4. The average Bonchev–Trinajstić information content (AvgIpc) is 2.60. The fourth-order valence-corrected chi connectivity index (χ4v) is 1.71. The number of hydrogen-bond donors (Lipinski definition) is 3. The molecule has 0 saturated carbocycles. The Labute approximate surface area is 88.5 Å². The van der Waals surface area contributed by atoms with Crippen molar-refractivity contribution >= 4 is 5.69 Å². The van der Waals surface area contributed by atoms with Gasteiger partial charge in [-0.15, -0.1) is 0 Å². The van der Waals surface area contributed by atoms with Crippen molar-refractivity contribution < 1.29 is 14.9 Å². The molecule has 0 unspecified atom stereocenters. The van der Waals surface area contributed by atoms with Crippen molar-refractivity contribution in [1.82, 2.24) is 0 Å². The zero-order valence-electron chi connectivity index (χ0n) is 8.34. The number of aliphatic hydroxyl groups is 2. The molecule has 0 amide bonds. The Kier molecular flexibility index (Phi) is 3.20. The average molecular weight is 209 g/mol. The van der Waals surface area contributed by atoms with Crippen molar-refractivity contribution in [2.45, 2.75) is 24.9 Å². The Morgan fingerprint density at radius 1 is 1.33 bits per heavy atom. The molecular weight excluding hydrogens is 194 g/mol. The van der Waals surface area contributed by atoms with Crippen LogP contribution in [0.4, 0.5) is 5.69 Å². The van der Waals surface area contributed by atoms with Crippen molar-refractivity contribution in [2.24, 2.45) is 0 Å². The molecule has 4 nitrogen and oxygen atoms in total. The van der Waals surface area contributed by atoms with Gasteiger partial charge in [0.25, 0.3) is 0 Å². The molecule has 1 saturated heterocycles. The Balaban J connectivity index is 1.92. The predicted molar refractivity (Wildman–Crippen MR) is 56.4 cm³/mol. The van der Waals surface area contributed by atoms with Crippen LogP contribution in [0.3, 0.4) is 0 Å². The molecule has 0 radical (unpaired) electrons. The van der Waals surface area contributed by atoms with Crippen LogP contribution in [0.5, 0.6) is 0 Å². The van der Waals surface area contributed by atoms with E-state index in [1.54, 1.807) is 0 Å². The van der Waals surface area contributed by atoms with Gasteiger partial charge in [-0.2, -0.15) is 0 Å². The van der Waals surface area contributed by atoms with E-state index in [0.29, 0.717) is 6.42 Å². The number of ether oxygens (including phenoxy) is 1. The molecule has 1 aromatic carbocycles. The molecule has 1 heterocycles. The Morgan fingerprint density at radius 3 is 2.67 bits per heavy atom. The summed E-state index contributed by atoms with van der Waals surface area (Å²) in [5.74, 6) is 0. The van der Waals surface area contributed by atoms with Crippen molar-refractivity contribution in [3.05, 3.63) is 30.3 Å². The maximum absolute atomic E-state index is 9.51. The third kappa shape index (κ3) is 2.47. The van der Waals surface area contributed by atoms with Gasteiger partial charge in [-0.1, -0.05) is 18.2 Å². The molecule has 1 fully saturated rings. The fourth-order valence-electron chi connectivity index (χ4n) is 1.71. The number of para-hydroxylation sites is 1. The third-order valence-electron chi connectivity index (χ3n) is 2.51. The van der Waals surface area contributed by atoms with E-state index in [1.165, 1.54) is 0 Å². The first-order valence-corrected chi connectivity index (χ1v) is 5.05. The van der Waals surface area contributed by atoms with Gasteiger partial charge in [-0.3, -0.25) is 0 Å². The second kappa shape index (κ2) is 4.61. The molecule has 4 heteroatoms. The molecule has 1 aliphatic heterocycles. The smallest absolute Gasteiger partial charge is 0.130 e. The normalized spacial score (nSPS) is 30.4. The van der Waals surface area contributed by atoms with Gasteiger partial charge in [0.15, 0.2) is 0 Å². The van der Waals surface area contributed by atoms with Crippen LogP contribution in [0.1, 0.15) is 6.42 Å². The Bertz CT molecular complexity index is 304. The molecule has 0 aliphatic carbocycles. The van der Waals surface area contributed by atoms with Gasteiger partial charge in [0.1, 0.15) is 12.3 Å². The first-order chi connectivity index (χ1) is 7.29. The molecule has 3 N–H and O–H groups in total. The van der Waals surface area contributed by atoms with Crippen molar-refractivity contribution in [2.75, 3.05) is 11.9 Å². The summed E-state index contributed by atoms with van der Waals surface area (Å²) in [4.78, 5) is 0. The van der Waals surface area contributed by atoms with Crippen LogP contribution in [0.15, 0.2) is 30.3 Å². The minimum Gasteiger partial charge on any atom is -0.394 e. The van der Waals surface area contributed by atoms with Crippen LogP contribution in [0.25, 0.3) is 0 Å². The summed E-state index contributed by atoms with van der Waals surface area (Å²) in [5, 5.41) is 21.6. The monoisotopic (exact) mass is 209 g/mol. The summed E-state index contributed by atoms with van der Waals surface area (Å²) >= 11 is 0. The summed E-state index contributed by atoms with van der Waals surface area (Å²) in [6, 6.07) is 9.66. The topological polar surface area (TPSA) is 61.7 Å². The molecule has 2 rings (SSSR count). The predicted octanol–water partition coefficient (Wildman–Crippen LogP) is 0.567. The van der Waals surface area contributed by atoms with Crippen LogP contribution in [0, 0.1) is 0 Å². The minimum atomic E-state index is -0.587. The lowest BCUT2D eigenvalue weighted by molar-refractivity contribution is -0.0149. The largest absolute Gasteiger partial charge is 0.394 e. The SMILES string of the molecule is OC[C@@H]1O[C@@H](Nc2ccccc2)C[C@@H]1O. The summed E-state index contributed by atoms with van der Waals surface area (Å²) in [6.07, 6.45) is -0.776. The molecule has 0 bridgehead atoms. The van der Waals surface area contributed by atoms with E-state index in [2.05, 4.69) is 5.32 Å². The van der Waals surface area contributed by atoms with E-state index in [4.69, 9.17) is 9.84 Å². The van der Waals surface area contributed by atoms with Crippen LogP contribution < -0.4 is 5.32 Å². The minimum absolute atomic E-state index is 0.145. The lowest BCUT2D eigenvalue weighted by Gasteiger charge is -2.14. The van der Waals surface area contributed by atoms with Crippen molar-refractivity contribution in [1.29, 1.82) is 0 Å². The van der Waals surface area contributed by atoms with Crippen LogP contribution in [-0.4, -0.2) is 35.3 Å². The number of nitrogens with one attached hydrogen (secondary N) is 1. The fraction of sp³-hybridized carbons (Fsp3) is 0.455. The zero-order valence-corrected chi connectivity index (χ0v) is 8.34. The van der Waals surface area contributed by atoms with Gasteiger partial charge in [-0.05, 0) is 12.1 Å². The van der Waals surface area contributed by atoms with Crippen molar-refractivity contribution in [3.63, 3.8) is 0 Å². The first-order valence-electron chi connectivity index (χ1n) is 5.05. The number of anilines is 1. The lowest BCUT2D eigenvalue weighted by atomic mass is 10.2. The van der Waals surface area contributed by atoms with E-state index in [9.17, 15) is 5.11 Å². The molecule has 1 aliphatic rings. The number of aliphatic hydroxyl groups excluding tert-OH is 2. The van der Waals surface area contributed by atoms with Crippen molar-refractivity contribution in [3.8, 4) is 0 Å². The molecule has 3 atom stereocenters. The highest BCUT2D eigenvalue weighted by molar-refractivity contribution is 5.43. The summed E-state index contributed by atoms with van der Waals surface area (Å²) in [5.41, 5.74) is 0.952. The lowest BCUT2D eigenvalue weighted by Crippen LogP contribution is -2.25. The maximum Gasteiger partial charge on any atom is 0.130 e. The molecule has 1 aromatic rings. The Hall–Kier alpha value is -1.10. The van der Waals surface area contributed by atoms with Gasteiger partial charge in [0.2, 0.25) is 0 Å². The second-order valence-electron chi connectivity index (χ2n) is 3.66. The highest BCUT2D eigenvalue weighted by Crippen LogP contribution is 2.21. The van der Waals surface area contributed by atoms with Gasteiger partial charge >= 0.3 is 0 Å². The Morgan fingerprint density at radius 2 is 2.07 bits per heavy atom. The zero-order chi connectivity index (χ0) is 10.7. The molecule has 0 aromatic heterocycles. The number of rotatable bonds is 3. The van der Waals surface area contributed by atoms with Crippen LogP contribution in [0.2, 0.25) is 0 Å². The van der Waals surface area contributed by atoms with E-state index in [-0.39, 0.29) is 12.8 Å². The van der Waals surface area contributed by atoms with E-state index in [0.717, 1.165) is 5.69 Å². The van der Waals surface area contributed by atoms with Gasteiger partial charge < -0.3 is 20.3 Å². The van der Waals surface area contributed by atoms with Crippen LogP contribution >= 0.6 is 0 Å².